The minimum atomic E-state index is 0.300. The summed E-state index contributed by atoms with van der Waals surface area (Å²) in [6, 6.07) is 2.34. The highest BCUT2D eigenvalue weighted by Gasteiger charge is 2.26. The number of aromatic nitrogens is 2. The highest BCUT2D eigenvalue weighted by Crippen LogP contribution is 2.30. The van der Waals surface area contributed by atoms with Crippen molar-refractivity contribution in [3.05, 3.63) is 11.9 Å². The summed E-state index contributed by atoms with van der Waals surface area (Å²) in [4.78, 5) is 8.82. The van der Waals surface area contributed by atoms with E-state index >= 15 is 0 Å². The van der Waals surface area contributed by atoms with Gasteiger partial charge in [-0.15, -0.1) is 0 Å². The molecule has 2 atom stereocenters. The lowest BCUT2D eigenvalue weighted by molar-refractivity contribution is 0.744. The van der Waals surface area contributed by atoms with E-state index in [2.05, 4.69) is 35.4 Å². The summed E-state index contributed by atoms with van der Waals surface area (Å²) < 4.78 is 0. The fourth-order valence-corrected chi connectivity index (χ4v) is 3.32. The van der Waals surface area contributed by atoms with Crippen molar-refractivity contribution >= 4 is 23.4 Å². The molecule has 1 aliphatic carbocycles. The van der Waals surface area contributed by atoms with Crippen molar-refractivity contribution in [1.29, 1.82) is 0 Å². The average molecular weight is 266 g/mol. The Morgan fingerprint density at radius 2 is 2.17 bits per heavy atom. The van der Waals surface area contributed by atoms with Crippen molar-refractivity contribution in [1.82, 2.24) is 9.97 Å². The van der Waals surface area contributed by atoms with Crippen LogP contribution < -0.4 is 11.1 Å². The van der Waals surface area contributed by atoms with E-state index in [1.165, 1.54) is 19.3 Å². The number of rotatable bonds is 4. The fourth-order valence-electron chi connectivity index (χ4n) is 2.38. The molecule has 0 spiro atoms. The molecule has 1 aromatic heterocycles. The van der Waals surface area contributed by atoms with Gasteiger partial charge < -0.3 is 11.1 Å². The zero-order valence-corrected chi connectivity index (χ0v) is 12.1. The Morgan fingerprint density at radius 3 is 2.83 bits per heavy atom. The molecule has 3 N–H and O–H groups in total. The van der Waals surface area contributed by atoms with Gasteiger partial charge in [0.15, 0.2) is 0 Å². The van der Waals surface area contributed by atoms with E-state index in [0.717, 1.165) is 11.6 Å². The maximum absolute atomic E-state index is 5.84. The highest BCUT2D eigenvalue weighted by molar-refractivity contribution is 7.99. The second-order valence-corrected chi connectivity index (χ2v) is 6.22. The lowest BCUT2D eigenvalue weighted by atomic mass is 10.2. The number of hydrogen-bond donors (Lipinski definition) is 2. The number of nitrogens with one attached hydrogen (secondary N) is 1. The van der Waals surface area contributed by atoms with Gasteiger partial charge in [-0.05, 0) is 19.1 Å². The predicted molar refractivity (Wildman–Crippen MR) is 79.1 cm³/mol. The molecule has 0 bridgehead atoms. The van der Waals surface area contributed by atoms with Gasteiger partial charge in [0.25, 0.3) is 0 Å². The Kier molecular flexibility index (Phi) is 4.32. The molecular weight excluding hydrogens is 244 g/mol. The molecule has 5 heteroatoms. The molecule has 0 saturated heterocycles. The van der Waals surface area contributed by atoms with E-state index in [9.17, 15) is 0 Å². The summed E-state index contributed by atoms with van der Waals surface area (Å²) >= 11 is 1.94. The molecule has 1 aliphatic rings. The lowest BCUT2D eigenvalue weighted by Crippen LogP contribution is -2.26. The largest absolute Gasteiger partial charge is 0.384 e. The van der Waals surface area contributed by atoms with E-state index in [-0.39, 0.29) is 0 Å². The van der Waals surface area contributed by atoms with Gasteiger partial charge in [-0.2, -0.15) is 11.8 Å². The molecule has 4 nitrogen and oxygen atoms in total. The van der Waals surface area contributed by atoms with Gasteiger partial charge in [0, 0.05) is 23.3 Å². The van der Waals surface area contributed by atoms with Gasteiger partial charge in [-0.1, -0.05) is 20.3 Å². The van der Waals surface area contributed by atoms with Crippen molar-refractivity contribution in [3.63, 3.8) is 0 Å². The van der Waals surface area contributed by atoms with Crippen LogP contribution in [0.3, 0.4) is 0 Å². The van der Waals surface area contributed by atoms with Gasteiger partial charge in [-0.3, -0.25) is 0 Å². The Hall–Kier alpha value is -0.970. The van der Waals surface area contributed by atoms with E-state index in [4.69, 9.17) is 5.73 Å². The highest BCUT2D eigenvalue weighted by atomic mass is 32.2. The van der Waals surface area contributed by atoms with Crippen molar-refractivity contribution in [2.45, 2.75) is 50.3 Å². The van der Waals surface area contributed by atoms with Crippen molar-refractivity contribution in [2.24, 2.45) is 0 Å². The molecule has 18 heavy (non-hydrogen) atoms. The Morgan fingerprint density at radius 1 is 1.39 bits per heavy atom. The third-order valence-electron chi connectivity index (χ3n) is 3.37. The molecule has 2 rings (SSSR count). The molecule has 1 aromatic rings. The van der Waals surface area contributed by atoms with Crippen LogP contribution in [0.15, 0.2) is 6.07 Å². The van der Waals surface area contributed by atoms with Crippen LogP contribution in [0.25, 0.3) is 0 Å². The number of nitrogen functional groups attached to an aromatic ring is 1. The summed E-state index contributed by atoms with van der Waals surface area (Å²) in [5.74, 6) is 2.54. The summed E-state index contributed by atoms with van der Waals surface area (Å²) in [5, 5.41) is 4.21. The first-order valence-corrected chi connectivity index (χ1v) is 7.82. The van der Waals surface area contributed by atoms with Gasteiger partial charge in [-0.25, -0.2) is 9.97 Å². The van der Waals surface area contributed by atoms with Crippen LogP contribution in [0.1, 0.15) is 44.9 Å². The summed E-state index contributed by atoms with van der Waals surface area (Å²) in [7, 11) is 0. The minimum absolute atomic E-state index is 0.300. The maximum Gasteiger partial charge on any atom is 0.135 e. The van der Waals surface area contributed by atoms with E-state index < -0.39 is 0 Å². The van der Waals surface area contributed by atoms with Crippen LogP contribution in [0.2, 0.25) is 0 Å². The topological polar surface area (TPSA) is 63.8 Å². The van der Waals surface area contributed by atoms with Crippen LogP contribution >= 0.6 is 11.8 Å². The van der Waals surface area contributed by atoms with Crippen LogP contribution in [0.5, 0.6) is 0 Å². The number of thioether (sulfide) groups is 1. The predicted octanol–water partition coefficient (Wildman–Crippen LogP) is 2.88. The number of nitrogens with two attached hydrogens (primary N) is 1. The Balaban J connectivity index is 2.13. The Labute approximate surface area is 113 Å². The quantitative estimate of drug-likeness (QED) is 0.877. The third kappa shape index (κ3) is 3.07. The molecule has 0 aromatic carbocycles. The number of hydrogen-bond acceptors (Lipinski definition) is 5. The molecule has 0 radical (unpaired) electrons. The molecule has 2 unspecified atom stereocenters. The zero-order chi connectivity index (χ0) is 13.1. The average Bonchev–Trinajstić information content (AvgIpc) is 2.75. The van der Waals surface area contributed by atoms with Crippen molar-refractivity contribution in [2.75, 3.05) is 17.3 Å². The summed E-state index contributed by atoms with van der Waals surface area (Å²) in [6.45, 7) is 4.16. The molecule has 100 valence electrons. The van der Waals surface area contributed by atoms with Crippen LogP contribution in [-0.2, 0) is 0 Å². The number of anilines is 2. The Bertz CT molecular complexity index is 408. The molecular formula is C13H22N4S. The van der Waals surface area contributed by atoms with Crippen molar-refractivity contribution in [3.8, 4) is 0 Å². The maximum atomic E-state index is 5.84. The second kappa shape index (κ2) is 5.78. The normalized spacial score (nSPS) is 23.6. The summed E-state index contributed by atoms with van der Waals surface area (Å²) in [5.41, 5.74) is 5.84. The molecule has 1 saturated carbocycles. The first-order chi connectivity index (χ1) is 8.60. The smallest absolute Gasteiger partial charge is 0.135 e. The fraction of sp³-hybridized carbons (Fsp3) is 0.692. The van der Waals surface area contributed by atoms with Crippen LogP contribution in [0.4, 0.5) is 11.6 Å². The summed E-state index contributed by atoms with van der Waals surface area (Å²) in [6.07, 6.45) is 5.97. The third-order valence-corrected chi connectivity index (χ3v) is 4.54. The van der Waals surface area contributed by atoms with Crippen molar-refractivity contribution < 1.29 is 0 Å². The first-order valence-electron chi connectivity index (χ1n) is 6.54. The van der Waals surface area contributed by atoms with Gasteiger partial charge >= 0.3 is 0 Å². The molecule has 0 amide bonds. The molecule has 1 heterocycles. The van der Waals surface area contributed by atoms with Crippen LogP contribution in [-0.4, -0.2) is 27.5 Å². The molecule has 1 fully saturated rings. The standard InChI is InChI=1S/C13H22N4S/c1-8(2)13-16-11(14)7-12(17-13)15-9-5-4-6-10(9)18-3/h7-10H,4-6H2,1-3H3,(H3,14,15,16,17). The molecule has 0 aliphatic heterocycles. The first kappa shape index (κ1) is 13.5. The van der Waals surface area contributed by atoms with E-state index in [1.54, 1.807) is 0 Å². The van der Waals surface area contributed by atoms with Crippen LogP contribution in [0, 0.1) is 0 Å². The lowest BCUT2D eigenvalue weighted by Gasteiger charge is -2.20. The zero-order valence-electron chi connectivity index (χ0n) is 11.3. The van der Waals surface area contributed by atoms with E-state index in [0.29, 0.717) is 23.0 Å². The minimum Gasteiger partial charge on any atom is -0.384 e. The van der Waals surface area contributed by atoms with Gasteiger partial charge in [0.05, 0.1) is 0 Å². The monoisotopic (exact) mass is 266 g/mol. The second-order valence-electron chi connectivity index (χ2n) is 5.15. The number of nitrogens with zero attached hydrogens (tertiary/aromatic N) is 2. The van der Waals surface area contributed by atoms with Gasteiger partial charge in [0.2, 0.25) is 0 Å². The SMILES string of the molecule is CSC1CCCC1Nc1cc(N)nc(C(C)C)n1. The van der Waals surface area contributed by atoms with Gasteiger partial charge in [0.1, 0.15) is 17.5 Å². The van der Waals surface area contributed by atoms with E-state index in [1.807, 2.05) is 17.8 Å².